The van der Waals surface area contributed by atoms with Gasteiger partial charge >= 0.3 is 0 Å². The lowest BCUT2D eigenvalue weighted by Gasteiger charge is -2.26. The quantitative estimate of drug-likeness (QED) is 0.946. The van der Waals surface area contributed by atoms with Crippen molar-refractivity contribution < 1.29 is 4.79 Å². The number of nitrogens with zero attached hydrogens (tertiary/aromatic N) is 2. The Hall–Kier alpha value is -1.92. The van der Waals surface area contributed by atoms with Crippen molar-refractivity contribution in [2.75, 3.05) is 11.4 Å². The molecular weight excluding hydrogens is 302 g/mol. The zero-order chi connectivity index (χ0) is 14.4. The molecule has 21 heavy (non-hydrogen) atoms. The normalized spacial score (nSPS) is 19.4. The second-order valence-corrected chi connectivity index (χ2v) is 6.96. The van der Waals surface area contributed by atoms with Crippen molar-refractivity contribution in [1.82, 2.24) is 4.90 Å². The fraction of sp³-hybridized carbons (Fsp3) is 0.133. The Morgan fingerprint density at radius 2 is 2.10 bits per heavy atom. The van der Waals surface area contributed by atoms with Crippen LogP contribution in [0.5, 0.6) is 0 Å². The van der Waals surface area contributed by atoms with Crippen LogP contribution in [0.3, 0.4) is 0 Å². The van der Waals surface area contributed by atoms with Crippen LogP contribution < -0.4 is 10.6 Å². The van der Waals surface area contributed by atoms with Gasteiger partial charge in [0.1, 0.15) is 0 Å². The van der Waals surface area contributed by atoms with Gasteiger partial charge in [-0.3, -0.25) is 4.79 Å². The molecular formula is C15H13N3OS2. The van der Waals surface area contributed by atoms with E-state index < -0.39 is 0 Å². The molecule has 0 saturated heterocycles. The number of primary amides is 1. The monoisotopic (exact) mass is 315 g/mol. The van der Waals surface area contributed by atoms with Gasteiger partial charge in [0.2, 0.25) is 5.91 Å². The van der Waals surface area contributed by atoms with Gasteiger partial charge in [-0.25, -0.2) is 0 Å². The zero-order valence-corrected chi connectivity index (χ0v) is 12.7. The summed E-state index contributed by atoms with van der Waals surface area (Å²) >= 11 is 3.46. The SMILES string of the molecule is NC(=O)CN1C=C(c2cccs2)N2c3ccccc3SC12. The van der Waals surface area contributed by atoms with Crippen LogP contribution >= 0.6 is 23.1 Å². The molecule has 1 unspecified atom stereocenters. The Morgan fingerprint density at radius 1 is 1.24 bits per heavy atom. The van der Waals surface area contributed by atoms with Gasteiger partial charge in [-0.05, 0) is 23.6 Å². The topological polar surface area (TPSA) is 49.6 Å². The third-order valence-electron chi connectivity index (χ3n) is 3.52. The first-order chi connectivity index (χ1) is 10.2. The minimum atomic E-state index is -0.310. The highest BCUT2D eigenvalue weighted by Gasteiger charge is 2.41. The number of hydrogen-bond acceptors (Lipinski definition) is 5. The van der Waals surface area contributed by atoms with E-state index in [9.17, 15) is 4.79 Å². The predicted octanol–water partition coefficient (Wildman–Crippen LogP) is 2.74. The van der Waals surface area contributed by atoms with E-state index >= 15 is 0 Å². The molecule has 3 heterocycles. The van der Waals surface area contributed by atoms with Crippen LogP contribution in [0.25, 0.3) is 5.70 Å². The number of fused-ring (bicyclic) bond motifs is 3. The zero-order valence-electron chi connectivity index (χ0n) is 11.1. The van der Waals surface area contributed by atoms with E-state index in [0.717, 1.165) is 5.70 Å². The van der Waals surface area contributed by atoms with E-state index in [4.69, 9.17) is 5.73 Å². The third-order valence-corrected chi connectivity index (χ3v) is 5.71. The standard InChI is InChI=1S/C15H13N3OS2/c16-14(19)9-17-8-11(12-6-3-7-20-12)18-10-4-1-2-5-13(10)21-15(17)18/h1-8,15H,9H2,(H2,16,19). The minimum absolute atomic E-state index is 0.0759. The molecule has 2 N–H and O–H groups in total. The van der Waals surface area contributed by atoms with Crippen molar-refractivity contribution in [3.63, 3.8) is 0 Å². The summed E-state index contributed by atoms with van der Waals surface area (Å²) < 4.78 is 0. The van der Waals surface area contributed by atoms with Crippen molar-refractivity contribution in [3.8, 4) is 0 Å². The molecule has 2 aromatic rings. The molecule has 0 saturated carbocycles. The summed E-state index contributed by atoms with van der Waals surface area (Å²) in [6.07, 6.45) is 2.05. The average molecular weight is 315 g/mol. The lowest BCUT2D eigenvalue weighted by atomic mass is 10.2. The maximum Gasteiger partial charge on any atom is 0.237 e. The van der Waals surface area contributed by atoms with Gasteiger partial charge in [-0.2, -0.15) is 0 Å². The highest BCUT2D eigenvalue weighted by Crippen LogP contribution is 2.51. The fourth-order valence-corrected chi connectivity index (χ4v) is 4.71. The predicted molar refractivity (Wildman–Crippen MR) is 86.8 cm³/mol. The number of benzene rings is 1. The Balaban J connectivity index is 1.79. The summed E-state index contributed by atoms with van der Waals surface area (Å²) in [5.74, 6) is -0.310. The second kappa shape index (κ2) is 4.82. The molecule has 106 valence electrons. The first-order valence-corrected chi connectivity index (χ1v) is 8.34. The van der Waals surface area contributed by atoms with Crippen molar-refractivity contribution in [3.05, 3.63) is 52.9 Å². The van der Waals surface area contributed by atoms with Gasteiger partial charge in [0, 0.05) is 11.1 Å². The fourth-order valence-electron chi connectivity index (χ4n) is 2.70. The molecule has 4 rings (SSSR count). The van der Waals surface area contributed by atoms with Crippen molar-refractivity contribution in [1.29, 1.82) is 0 Å². The number of carbonyl (C=O) groups excluding carboxylic acids is 1. The van der Waals surface area contributed by atoms with Crippen LogP contribution in [-0.4, -0.2) is 22.8 Å². The Bertz CT molecular complexity index is 726. The van der Waals surface area contributed by atoms with E-state index in [1.54, 1.807) is 23.1 Å². The summed E-state index contributed by atoms with van der Waals surface area (Å²) in [7, 11) is 0. The Kier molecular flexibility index (Phi) is 2.94. The number of rotatable bonds is 3. The smallest absolute Gasteiger partial charge is 0.237 e. The summed E-state index contributed by atoms with van der Waals surface area (Å²) in [6, 6.07) is 12.5. The van der Waals surface area contributed by atoms with Crippen LogP contribution in [0.4, 0.5) is 5.69 Å². The average Bonchev–Trinajstić information content (AvgIpc) is 3.15. The molecule has 2 aliphatic heterocycles. The third kappa shape index (κ3) is 2.02. The number of hydrogen-bond donors (Lipinski definition) is 1. The van der Waals surface area contributed by atoms with E-state index in [-0.39, 0.29) is 17.9 Å². The molecule has 0 radical (unpaired) electrons. The largest absolute Gasteiger partial charge is 0.368 e. The maximum absolute atomic E-state index is 11.3. The molecule has 0 bridgehead atoms. The van der Waals surface area contributed by atoms with E-state index in [1.165, 1.54) is 15.5 Å². The first kappa shape index (κ1) is 12.8. The number of amides is 1. The van der Waals surface area contributed by atoms with Gasteiger partial charge in [-0.15, -0.1) is 11.3 Å². The van der Waals surface area contributed by atoms with Gasteiger partial charge in [0.25, 0.3) is 0 Å². The van der Waals surface area contributed by atoms with Gasteiger partial charge in [0.05, 0.1) is 22.8 Å². The molecule has 4 nitrogen and oxygen atoms in total. The molecule has 0 spiro atoms. The number of nitrogens with two attached hydrogens (primary N) is 1. The van der Waals surface area contributed by atoms with E-state index in [1.807, 2.05) is 29.3 Å². The van der Waals surface area contributed by atoms with Gasteiger partial charge < -0.3 is 15.5 Å². The molecule has 0 aliphatic carbocycles. The van der Waals surface area contributed by atoms with Crippen LogP contribution in [0.2, 0.25) is 0 Å². The minimum Gasteiger partial charge on any atom is -0.368 e. The highest BCUT2D eigenvalue weighted by molar-refractivity contribution is 8.00. The molecule has 1 aromatic heterocycles. The van der Waals surface area contributed by atoms with Gasteiger partial charge in [-0.1, -0.05) is 30.0 Å². The van der Waals surface area contributed by atoms with Crippen LogP contribution in [0.1, 0.15) is 4.88 Å². The molecule has 0 fully saturated rings. The second-order valence-electron chi connectivity index (χ2n) is 4.91. The summed E-state index contributed by atoms with van der Waals surface area (Å²) in [6.45, 7) is 0.233. The van der Waals surface area contributed by atoms with Crippen molar-refractivity contribution >= 4 is 40.4 Å². The van der Waals surface area contributed by atoms with Gasteiger partial charge in [0.15, 0.2) is 5.50 Å². The molecule has 1 aromatic carbocycles. The lowest BCUT2D eigenvalue weighted by molar-refractivity contribution is -0.118. The number of thioether (sulfide) groups is 1. The maximum atomic E-state index is 11.3. The molecule has 2 aliphatic rings. The summed E-state index contributed by atoms with van der Waals surface area (Å²) in [5.41, 5.74) is 7.79. The Labute approximate surface area is 130 Å². The molecule has 6 heteroatoms. The lowest BCUT2D eigenvalue weighted by Crippen LogP contribution is -2.38. The number of anilines is 1. The number of thiophene rings is 1. The first-order valence-electron chi connectivity index (χ1n) is 6.59. The van der Waals surface area contributed by atoms with Crippen molar-refractivity contribution in [2.45, 2.75) is 10.4 Å². The summed E-state index contributed by atoms with van der Waals surface area (Å²) in [4.78, 5) is 18.1. The van der Waals surface area contributed by atoms with Crippen LogP contribution in [-0.2, 0) is 4.79 Å². The van der Waals surface area contributed by atoms with Crippen LogP contribution in [0.15, 0.2) is 52.9 Å². The molecule has 1 atom stereocenters. The van der Waals surface area contributed by atoms with E-state index in [2.05, 4.69) is 28.5 Å². The number of carbonyl (C=O) groups is 1. The summed E-state index contributed by atoms with van der Waals surface area (Å²) in [5, 5.41) is 2.07. The van der Waals surface area contributed by atoms with Crippen molar-refractivity contribution in [2.24, 2.45) is 5.73 Å². The van der Waals surface area contributed by atoms with Crippen LogP contribution in [0, 0.1) is 0 Å². The molecule has 1 amide bonds. The highest BCUT2D eigenvalue weighted by atomic mass is 32.2. The van der Waals surface area contributed by atoms with E-state index in [0.29, 0.717) is 0 Å². The number of para-hydroxylation sites is 1. The Morgan fingerprint density at radius 3 is 2.86 bits per heavy atom.